The van der Waals surface area contributed by atoms with Crippen molar-refractivity contribution in [3.8, 4) is 0 Å². The lowest BCUT2D eigenvalue weighted by Gasteiger charge is -2.36. The van der Waals surface area contributed by atoms with Gasteiger partial charge < -0.3 is 15.1 Å². The van der Waals surface area contributed by atoms with E-state index < -0.39 is 0 Å². The Labute approximate surface area is 120 Å². The molecular weight excluding hydrogens is 266 g/mol. The van der Waals surface area contributed by atoms with Gasteiger partial charge in [0.25, 0.3) is 0 Å². The van der Waals surface area contributed by atoms with E-state index in [9.17, 15) is 9.59 Å². The molecular formula is C13H22ClN3O2. The van der Waals surface area contributed by atoms with Gasteiger partial charge in [-0.3, -0.25) is 9.59 Å². The van der Waals surface area contributed by atoms with Crippen LogP contribution in [0.5, 0.6) is 0 Å². The summed E-state index contributed by atoms with van der Waals surface area (Å²) >= 11 is 0. The number of carbonyl (C=O) groups excluding carboxylic acids is 2. The molecule has 1 aliphatic carbocycles. The van der Waals surface area contributed by atoms with E-state index in [4.69, 9.17) is 0 Å². The molecule has 2 aliphatic heterocycles. The summed E-state index contributed by atoms with van der Waals surface area (Å²) in [6, 6.07) is 0.0238. The smallest absolute Gasteiger partial charge is 0.239 e. The molecule has 0 aromatic heterocycles. The first kappa shape index (κ1) is 14.6. The Hall–Kier alpha value is -0.810. The van der Waals surface area contributed by atoms with Crippen LogP contribution in [-0.2, 0) is 9.59 Å². The molecule has 1 N–H and O–H groups in total. The van der Waals surface area contributed by atoms with Crippen LogP contribution in [0.15, 0.2) is 0 Å². The Balaban J connectivity index is 0.00000133. The summed E-state index contributed by atoms with van der Waals surface area (Å²) in [6.45, 7) is 3.79. The summed E-state index contributed by atoms with van der Waals surface area (Å²) in [6.07, 6.45) is 4.17. The van der Waals surface area contributed by atoms with Crippen LogP contribution in [0, 0.1) is 5.92 Å². The quantitative estimate of drug-likeness (QED) is 0.792. The monoisotopic (exact) mass is 287 g/mol. The molecule has 2 saturated heterocycles. The van der Waals surface area contributed by atoms with Crippen LogP contribution in [-0.4, -0.2) is 60.4 Å². The van der Waals surface area contributed by atoms with Gasteiger partial charge in [0, 0.05) is 32.1 Å². The standard InChI is InChI=1S/C13H21N3O2.ClH/c17-12(10-3-4-10)15-6-8-16(9-7-15)13(18)11-2-1-5-14-11;/h10-11,14H,1-9H2;1H/t11-;/m0./s1. The molecule has 19 heavy (non-hydrogen) atoms. The molecule has 0 unspecified atom stereocenters. The molecule has 0 spiro atoms. The van der Waals surface area contributed by atoms with Crippen molar-refractivity contribution in [2.45, 2.75) is 31.7 Å². The van der Waals surface area contributed by atoms with E-state index in [-0.39, 0.29) is 24.4 Å². The third kappa shape index (κ3) is 3.20. The number of hydrogen-bond acceptors (Lipinski definition) is 3. The molecule has 0 bridgehead atoms. The van der Waals surface area contributed by atoms with E-state index in [1.54, 1.807) is 0 Å². The highest BCUT2D eigenvalue weighted by Gasteiger charge is 2.36. The number of halogens is 1. The van der Waals surface area contributed by atoms with Crippen molar-refractivity contribution in [3.63, 3.8) is 0 Å². The van der Waals surface area contributed by atoms with Gasteiger partial charge in [0.05, 0.1) is 6.04 Å². The number of nitrogens with one attached hydrogen (secondary N) is 1. The Bertz CT molecular complexity index is 346. The average molecular weight is 288 g/mol. The van der Waals surface area contributed by atoms with E-state index in [1.807, 2.05) is 9.80 Å². The fourth-order valence-electron chi connectivity index (χ4n) is 2.85. The number of piperazine rings is 1. The maximum Gasteiger partial charge on any atom is 0.239 e. The first-order chi connectivity index (χ1) is 8.75. The molecule has 0 radical (unpaired) electrons. The molecule has 3 fully saturated rings. The topological polar surface area (TPSA) is 52.7 Å². The average Bonchev–Trinajstić information content (AvgIpc) is 3.12. The Morgan fingerprint density at radius 2 is 1.47 bits per heavy atom. The highest BCUT2D eigenvalue weighted by atomic mass is 35.5. The maximum atomic E-state index is 12.2. The maximum absolute atomic E-state index is 12.2. The molecule has 1 atom stereocenters. The zero-order valence-electron chi connectivity index (χ0n) is 11.1. The molecule has 3 rings (SSSR count). The van der Waals surface area contributed by atoms with Gasteiger partial charge in [0.15, 0.2) is 0 Å². The van der Waals surface area contributed by atoms with Gasteiger partial charge in [-0.2, -0.15) is 0 Å². The zero-order chi connectivity index (χ0) is 12.5. The summed E-state index contributed by atoms with van der Waals surface area (Å²) in [5.74, 6) is 0.830. The molecule has 108 valence electrons. The van der Waals surface area contributed by atoms with Gasteiger partial charge in [-0.15, -0.1) is 12.4 Å². The predicted octanol–water partition coefficient (Wildman–Crippen LogP) is 0.241. The van der Waals surface area contributed by atoms with Crippen LogP contribution in [0.25, 0.3) is 0 Å². The highest BCUT2D eigenvalue weighted by molar-refractivity contribution is 5.85. The number of carbonyl (C=O) groups is 2. The molecule has 6 heteroatoms. The van der Waals surface area contributed by atoms with Crippen molar-refractivity contribution in [1.29, 1.82) is 0 Å². The van der Waals surface area contributed by atoms with Crippen LogP contribution in [0.1, 0.15) is 25.7 Å². The van der Waals surface area contributed by atoms with E-state index in [2.05, 4.69) is 5.32 Å². The first-order valence-electron chi connectivity index (χ1n) is 7.06. The summed E-state index contributed by atoms with van der Waals surface area (Å²) in [4.78, 5) is 27.9. The second-order valence-corrected chi connectivity index (χ2v) is 5.57. The Kier molecular flexibility index (Phi) is 4.68. The number of nitrogens with zero attached hydrogens (tertiary/aromatic N) is 2. The molecule has 0 aromatic rings. The lowest BCUT2D eigenvalue weighted by molar-refractivity contribution is -0.141. The molecule has 0 aromatic carbocycles. The second kappa shape index (κ2) is 6.09. The summed E-state index contributed by atoms with van der Waals surface area (Å²) in [7, 11) is 0. The fourth-order valence-corrected chi connectivity index (χ4v) is 2.85. The van der Waals surface area contributed by atoms with Crippen molar-refractivity contribution in [2.75, 3.05) is 32.7 Å². The van der Waals surface area contributed by atoms with Crippen LogP contribution in [0.3, 0.4) is 0 Å². The van der Waals surface area contributed by atoms with E-state index in [0.29, 0.717) is 38.0 Å². The van der Waals surface area contributed by atoms with Crippen LogP contribution >= 0.6 is 12.4 Å². The molecule has 2 amide bonds. The van der Waals surface area contributed by atoms with Gasteiger partial charge in [-0.25, -0.2) is 0 Å². The lowest BCUT2D eigenvalue weighted by atomic mass is 10.2. The minimum absolute atomic E-state index is 0. The predicted molar refractivity (Wildman–Crippen MR) is 74.2 cm³/mol. The van der Waals surface area contributed by atoms with Crippen LogP contribution < -0.4 is 5.32 Å². The number of amides is 2. The van der Waals surface area contributed by atoms with Crippen molar-refractivity contribution >= 4 is 24.2 Å². The molecule has 3 aliphatic rings. The fraction of sp³-hybridized carbons (Fsp3) is 0.846. The SMILES string of the molecule is Cl.O=C(C1CC1)N1CCN(C(=O)[C@@H]2CCCN2)CC1. The van der Waals surface area contributed by atoms with Gasteiger partial charge in [-0.05, 0) is 32.2 Å². The summed E-state index contributed by atoms with van der Waals surface area (Å²) < 4.78 is 0. The van der Waals surface area contributed by atoms with Crippen molar-refractivity contribution in [3.05, 3.63) is 0 Å². The van der Waals surface area contributed by atoms with E-state index >= 15 is 0 Å². The van der Waals surface area contributed by atoms with Crippen LogP contribution in [0.2, 0.25) is 0 Å². The largest absolute Gasteiger partial charge is 0.339 e. The number of hydrogen-bond donors (Lipinski definition) is 1. The lowest BCUT2D eigenvalue weighted by Crippen LogP contribution is -2.54. The third-order valence-corrected chi connectivity index (χ3v) is 4.19. The van der Waals surface area contributed by atoms with Gasteiger partial charge in [-0.1, -0.05) is 0 Å². The van der Waals surface area contributed by atoms with Crippen molar-refractivity contribution in [2.24, 2.45) is 5.92 Å². The second-order valence-electron chi connectivity index (χ2n) is 5.57. The minimum Gasteiger partial charge on any atom is -0.339 e. The van der Waals surface area contributed by atoms with E-state index in [1.165, 1.54) is 0 Å². The van der Waals surface area contributed by atoms with Gasteiger partial charge in [0.2, 0.25) is 11.8 Å². The molecule has 5 nitrogen and oxygen atoms in total. The van der Waals surface area contributed by atoms with Crippen molar-refractivity contribution in [1.82, 2.24) is 15.1 Å². The first-order valence-corrected chi connectivity index (χ1v) is 7.06. The normalized spacial score (nSPS) is 27.1. The number of rotatable bonds is 2. The minimum atomic E-state index is 0. The molecule has 1 saturated carbocycles. The third-order valence-electron chi connectivity index (χ3n) is 4.19. The zero-order valence-corrected chi connectivity index (χ0v) is 12.0. The highest BCUT2D eigenvalue weighted by Crippen LogP contribution is 2.31. The summed E-state index contributed by atoms with van der Waals surface area (Å²) in [5.41, 5.74) is 0. The van der Waals surface area contributed by atoms with E-state index in [0.717, 1.165) is 32.2 Å². The van der Waals surface area contributed by atoms with Crippen LogP contribution in [0.4, 0.5) is 0 Å². The Morgan fingerprint density at radius 3 is 1.95 bits per heavy atom. The summed E-state index contributed by atoms with van der Waals surface area (Å²) in [5, 5.41) is 3.24. The van der Waals surface area contributed by atoms with Gasteiger partial charge in [0.1, 0.15) is 0 Å². The van der Waals surface area contributed by atoms with Crippen molar-refractivity contribution < 1.29 is 9.59 Å². The molecule has 2 heterocycles. The Morgan fingerprint density at radius 1 is 0.895 bits per heavy atom. The van der Waals surface area contributed by atoms with Gasteiger partial charge >= 0.3 is 0 Å².